The Bertz CT molecular complexity index is 758. The van der Waals surface area contributed by atoms with Crippen molar-refractivity contribution in [1.29, 1.82) is 0 Å². The second kappa shape index (κ2) is 6.83. The largest absolute Gasteiger partial charge is 0.344 e. The summed E-state index contributed by atoms with van der Waals surface area (Å²) in [4.78, 5) is 26.4. The molecule has 1 atom stereocenters. The molecule has 1 aliphatic heterocycles. The molecule has 2 aromatic carbocycles. The summed E-state index contributed by atoms with van der Waals surface area (Å²) in [6.45, 7) is 2.32. The lowest BCUT2D eigenvalue weighted by Gasteiger charge is -2.22. The number of nitrogens with zero attached hydrogens (tertiary/aromatic N) is 1. The van der Waals surface area contributed by atoms with Crippen molar-refractivity contribution >= 4 is 17.5 Å². The van der Waals surface area contributed by atoms with E-state index >= 15 is 0 Å². The van der Waals surface area contributed by atoms with Gasteiger partial charge in [0.05, 0.1) is 6.42 Å². The van der Waals surface area contributed by atoms with Crippen molar-refractivity contribution < 1.29 is 14.0 Å². The minimum atomic E-state index is -0.607. The predicted molar refractivity (Wildman–Crippen MR) is 90.2 cm³/mol. The van der Waals surface area contributed by atoms with Gasteiger partial charge in [0.15, 0.2) is 0 Å². The number of para-hydroxylation sites is 1. The first-order chi connectivity index (χ1) is 11.5. The number of benzene rings is 2. The lowest BCUT2D eigenvalue weighted by atomic mass is 10.1. The Morgan fingerprint density at radius 1 is 1.17 bits per heavy atom. The number of carbonyl (C=O) groups excluding carboxylic acids is 2. The molecule has 0 unspecified atom stereocenters. The van der Waals surface area contributed by atoms with Crippen LogP contribution in [0, 0.1) is 5.82 Å². The SMILES string of the molecule is C[C@@H](NC(=O)Cc1ccc(F)cc1)C(=O)N1CCc2ccccc21. The maximum Gasteiger partial charge on any atom is 0.249 e. The first-order valence-corrected chi connectivity index (χ1v) is 7.97. The average Bonchev–Trinajstić information content (AvgIpc) is 3.00. The van der Waals surface area contributed by atoms with E-state index in [-0.39, 0.29) is 24.1 Å². The molecule has 0 radical (unpaired) electrons. The summed E-state index contributed by atoms with van der Waals surface area (Å²) in [7, 11) is 0. The van der Waals surface area contributed by atoms with E-state index in [0.717, 1.165) is 17.7 Å². The summed E-state index contributed by atoms with van der Waals surface area (Å²) in [5.74, 6) is -0.710. The molecule has 1 aliphatic rings. The molecular formula is C19H19FN2O2. The summed E-state index contributed by atoms with van der Waals surface area (Å²) in [6, 6.07) is 13.0. The fourth-order valence-electron chi connectivity index (χ4n) is 2.94. The third-order valence-corrected chi connectivity index (χ3v) is 4.18. The molecule has 3 rings (SSSR count). The van der Waals surface area contributed by atoms with Crippen LogP contribution in [0.25, 0.3) is 0 Å². The summed E-state index contributed by atoms with van der Waals surface area (Å²) >= 11 is 0. The van der Waals surface area contributed by atoms with Crippen molar-refractivity contribution in [3.8, 4) is 0 Å². The maximum absolute atomic E-state index is 12.9. The van der Waals surface area contributed by atoms with Gasteiger partial charge in [0, 0.05) is 12.2 Å². The van der Waals surface area contributed by atoms with Crippen LogP contribution in [0.4, 0.5) is 10.1 Å². The quantitative estimate of drug-likeness (QED) is 0.938. The number of amides is 2. The van der Waals surface area contributed by atoms with Crippen LogP contribution in [0.2, 0.25) is 0 Å². The molecule has 24 heavy (non-hydrogen) atoms. The van der Waals surface area contributed by atoms with Crippen LogP contribution < -0.4 is 10.2 Å². The molecule has 1 N–H and O–H groups in total. The highest BCUT2D eigenvalue weighted by Gasteiger charge is 2.28. The third kappa shape index (κ3) is 3.45. The van der Waals surface area contributed by atoms with E-state index in [1.165, 1.54) is 12.1 Å². The Morgan fingerprint density at radius 3 is 2.62 bits per heavy atom. The highest BCUT2D eigenvalue weighted by molar-refractivity contribution is 6.00. The molecule has 0 spiro atoms. The maximum atomic E-state index is 12.9. The second-order valence-electron chi connectivity index (χ2n) is 5.96. The van der Waals surface area contributed by atoms with E-state index in [0.29, 0.717) is 12.1 Å². The van der Waals surface area contributed by atoms with E-state index in [4.69, 9.17) is 0 Å². The van der Waals surface area contributed by atoms with E-state index < -0.39 is 6.04 Å². The zero-order chi connectivity index (χ0) is 17.1. The fourth-order valence-corrected chi connectivity index (χ4v) is 2.94. The molecule has 1 heterocycles. The number of hydrogen-bond donors (Lipinski definition) is 1. The van der Waals surface area contributed by atoms with E-state index in [2.05, 4.69) is 5.32 Å². The zero-order valence-electron chi connectivity index (χ0n) is 13.5. The Labute approximate surface area is 140 Å². The molecule has 0 saturated heterocycles. The van der Waals surface area contributed by atoms with Crippen LogP contribution in [0.5, 0.6) is 0 Å². The Kier molecular flexibility index (Phi) is 4.60. The van der Waals surface area contributed by atoms with E-state index in [1.54, 1.807) is 24.0 Å². The molecule has 5 heteroatoms. The Morgan fingerprint density at radius 2 is 1.88 bits per heavy atom. The van der Waals surface area contributed by atoms with Crippen LogP contribution in [-0.2, 0) is 22.4 Å². The first-order valence-electron chi connectivity index (χ1n) is 7.97. The predicted octanol–water partition coefficient (Wildman–Crippen LogP) is 2.46. The molecule has 124 valence electrons. The van der Waals surface area contributed by atoms with Crippen LogP contribution in [0.1, 0.15) is 18.1 Å². The van der Waals surface area contributed by atoms with Crippen LogP contribution in [0.15, 0.2) is 48.5 Å². The van der Waals surface area contributed by atoms with Gasteiger partial charge in [0.1, 0.15) is 11.9 Å². The monoisotopic (exact) mass is 326 g/mol. The Balaban J connectivity index is 1.60. The second-order valence-corrected chi connectivity index (χ2v) is 5.96. The number of rotatable bonds is 4. The molecule has 2 amide bonds. The number of carbonyl (C=O) groups is 2. The zero-order valence-corrected chi connectivity index (χ0v) is 13.5. The van der Waals surface area contributed by atoms with Crippen molar-refractivity contribution in [3.05, 3.63) is 65.5 Å². The minimum absolute atomic E-state index is 0.118. The molecule has 4 nitrogen and oxygen atoms in total. The highest BCUT2D eigenvalue weighted by atomic mass is 19.1. The molecule has 0 fully saturated rings. The van der Waals surface area contributed by atoms with Crippen molar-refractivity contribution in [3.63, 3.8) is 0 Å². The summed E-state index contributed by atoms with van der Waals surface area (Å²) < 4.78 is 12.9. The summed E-state index contributed by atoms with van der Waals surface area (Å²) in [6.07, 6.45) is 0.951. The first kappa shape index (κ1) is 16.2. The summed E-state index contributed by atoms with van der Waals surface area (Å²) in [5, 5.41) is 2.73. The van der Waals surface area contributed by atoms with E-state index in [1.807, 2.05) is 24.3 Å². The number of halogens is 1. The van der Waals surface area contributed by atoms with Crippen molar-refractivity contribution in [2.75, 3.05) is 11.4 Å². The average molecular weight is 326 g/mol. The lowest BCUT2D eigenvalue weighted by Crippen LogP contribution is -2.47. The van der Waals surface area contributed by atoms with Gasteiger partial charge in [0.25, 0.3) is 0 Å². The number of nitrogens with one attached hydrogen (secondary N) is 1. The van der Waals surface area contributed by atoms with Gasteiger partial charge in [-0.05, 0) is 42.7 Å². The van der Waals surface area contributed by atoms with Gasteiger partial charge in [-0.3, -0.25) is 9.59 Å². The molecular weight excluding hydrogens is 307 g/mol. The molecule has 0 aromatic heterocycles. The van der Waals surface area contributed by atoms with Crippen molar-refractivity contribution in [2.24, 2.45) is 0 Å². The molecule has 0 saturated carbocycles. The topological polar surface area (TPSA) is 49.4 Å². The Hall–Kier alpha value is -2.69. The van der Waals surface area contributed by atoms with Gasteiger partial charge < -0.3 is 10.2 Å². The van der Waals surface area contributed by atoms with Gasteiger partial charge in [-0.15, -0.1) is 0 Å². The minimum Gasteiger partial charge on any atom is -0.344 e. The summed E-state index contributed by atoms with van der Waals surface area (Å²) in [5.41, 5.74) is 2.78. The van der Waals surface area contributed by atoms with E-state index in [9.17, 15) is 14.0 Å². The van der Waals surface area contributed by atoms with Gasteiger partial charge in [-0.25, -0.2) is 4.39 Å². The smallest absolute Gasteiger partial charge is 0.249 e. The van der Waals surface area contributed by atoms with Crippen LogP contribution >= 0.6 is 0 Å². The number of anilines is 1. The third-order valence-electron chi connectivity index (χ3n) is 4.18. The van der Waals surface area contributed by atoms with Gasteiger partial charge in [0.2, 0.25) is 11.8 Å². The van der Waals surface area contributed by atoms with Crippen molar-refractivity contribution in [1.82, 2.24) is 5.32 Å². The number of fused-ring (bicyclic) bond motifs is 1. The van der Waals surface area contributed by atoms with Gasteiger partial charge in [-0.1, -0.05) is 30.3 Å². The molecule has 0 bridgehead atoms. The highest BCUT2D eigenvalue weighted by Crippen LogP contribution is 2.27. The molecule has 0 aliphatic carbocycles. The molecule has 2 aromatic rings. The number of hydrogen-bond acceptors (Lipinski definition) is 2. The standard InChI is InChI=1S/C19H19FN2O2/c1-13(21-18(23)12-14-6-8-16(20)9-7-14)19(24)22-11-10-15-4-2-3-5-17(15)22/h2-9,13H,10-12H2,1H3,(H,21,23)/t13-/m1/s1. The fraction of sp³-hybridized carbons (Fsp3) is 0.263. The van der Waals surface area contributed by atoms with Crippen LogP contribution in [-0.4, -0.2) is 24.4 Å². The van der Waals surface area contributed by atoms with Crippen molar-refractivity contribution in [2.45, 2.75) is 25.8 Å². The lowest BCUT2D eigenvalue weighted by molar-refractivity contribution is -0.126. The van der Waals surface area contributed by atoms with Gasteiger partial charge in [-0.2, -0.15) is 0 Å². The van der Waals surface area contributed by atoms with Gasteiger partial charge >= 0.3 is 0 Å². The normalized spacial score (nSPS) is 14.2. The van der Waals surface area contributed by atoms with Crippen LogP contribution in [0.3, 0.4) is 0 Å².